The van der Waals surface area contributed by atoms with Crippen molar-refractivity contribution in [2.45, 2.75) is 45.7 Å². The lowest BCUT2D eigenvalue weighted by atomic mass is 10.2. The monoisotopic (exact) mass is 380 g/mol. The summed E-state index contributed by atoms with van der Waals surface area (Å²) >= 11 is 1.72. The van der Waals surface area contributed by atoms with Gasteiger partial charge in [0.15, 0.2) is 5.96 Å². The van der Waals surface area contributed by atoms with Gasteiger partial charge in [0.2, 0.25) is 5.91 Å². The van der Waals surface area contributed by atoms with Gasteiger partial charge in [-0.1, -0.05) is 0 Å². The number of aliphatic imine (C=N–C) groups is 1. The molecule has 1 aromatic heterocycles. The highest BCUT2D eigenvalue weighted by Crippen LogP contribution is 2.18. The maximum absolute atomic E-state index is 12.2. The molecule has 0 aliphatic carbocycles. The number of aromatic nitrogens is 1. The summed E-state index contributed by atoms with van der Waals surface area (Å²) in [5.41, 5.74) is 1.10. The van der Waals surface area contributed by atoms with Crippen LogP contribution in [0.2, 0.25) is 0 Å². The van der Waals surface area contributed by atoms with Crippen molar-refractivity contribution >= 4 is 23.2 Å². The topological polar surface area (TPSA) is 72.9 Å². The number of aryl methyl sites for hydroxylation is 2. The standard InChI is InChI=1S/C18H32N6OS/c1-13-14(2)26-16(22-13)12-21-18(19-3)20-9-7-11-24-10-6-8-15(24)17(25)23(4)5/h15H,6-12H2,1-5H3,(H2,19,20,21). The highest BCUT2D eigenvalue weighted by atomic mass is 32.1. The van der Waals surface area contributed by atoms with Crippen LogP contribution in [0, 0.1) is 13.8 Å². The Bertz CT molecular complexity index is 608. The number of guanidine groups is 1. The number of carbonyl (C=O) groups is 1. The Morgan fingerprint density at radius 2 is 2.15 bits per heavy atom. The molecule has 2 heterocycles. The van der Waals surface area contributed by atoms with Gasteiger partial charge in [0.05, 0.1) is 18.3 Å². The Balaban J connectivity index is 1.69. The third-order valence-corrected chi connectivity index (χ3v) is 5.78. The van der Waals surface area contributed by atoms with Crippen molar-refractivity contribution in [3.63, 3.8) is 0 Å². The lowest BCUT2D eigenvalue weighted by Gasteiger charge is -2.26. The number of nitrogens with one attached hydrogen (secondary N) is 2. The average molecular weight is 381 g/mol. The Morgan fingerprint density at radius 3 is 2.77 bits per heavy atom. The fourth-order valence-corrected chi connectivity index (χ4v) is 4.03. The minimum Gasteiger partial charge on any atom is -0.356 e. The minimum atomic E-state index is 0.0545. The van der Waals surface area contributed by atoms with Crippen LogP contribution in [-0.4, -0.2) is 73.5 Å². The molecule has 1 fully saturated rings. The van der Waals surface area contributed by atoms with E-state index in [0.717, 1.165) is 55.6 Å². The molecule has 2 rings (SSSR count). The van der Waals surface area contributed by atoms with E-state index in [1.807, 2.05) is 21.0 Å². The first-order chi connectivity index (χ1) is 12.4. The highest BCUT2D eigenvalue weighted by molar-refractivity contribution is 7.11. The zero-order valence-electron chi connectivity index (χ0n) is 16.6. The summed E-state index contributed by atoms with van der Waals surface area (Å²) in [5, 5.41) is 7.73. The van der Waals surface area contributed by atoms with Crippen molar-refractivity contribution < 1.29 is 4.79 Å². The maximum atomic E-state index is 12.2. The molecule has 0 bridgehead atoms. The minimum absolute atomic E-state index is 0.0545. The fraction of sp³-hybridized carbons (Fsp3) is 0.722. The molecule has 0 aromatic carbocycles. The van der Waals surface area contributed by atoms with Crippen molar-refractivity contribution in [3.05, 3.63) is 15.6 Å². The first-order valence-electron chi connectivity index (χ1n) is 9.25. The summed E-state index contributed by atoms with van der Waals surface area (Å²) in [6, 6.07) is 0.0545. The SMILES string of the molecule is CN=C(NCCCN1CCCC1C(=O)N(C)C)NCc1nc(C)c(C)s1. The van der Waals surface area contributed by atoms with Crippen LogP contribution in [0.3, 0.4) is 0 Å². The molecule has 1 unspecified atom stereocenters. The van der Waals surface area contributed by atoms with E-state index in [9.17, 15) is 4.79 Å². The third-order valence-electron chi connectivity index (χ3n) is 4.71. The van der Waals surface area contributed by atoms with E-state index in [2.05, 4.69) is 32.4 Å². The lowest BCUT2D eigenvalue weighted by molar-refractivity contribution is -0.133. The second-order valence-electron chi connectivity index (χ2n) is 6.88. The number of hydrogen-bond acceptors (Lipinski definition) is 5. The van der Waals surface area contributed by atoms with E-state index < -0.39 is 0 Å². The third kappa shape index (κ3) is 5.67. The van der Waals surface area contributed by atoms with Crippen LogP contribution >= 0.6 is 11.3 Å². The molecular formula is C18H32N6OS. The van der Waals surface area contributed by atoms with Crippen LogP contribution in [0.5, 0.6) is 0 Å². The summed E-state index contributed by atoms with van der Waals surface area (Å²) in [4.78, 5) is 26.3. The van der Waals surface area contributed by atoms with Crippen molar-refractivity contribution in [2.24, 2.45) is 4.99 Å². The fourth-order valence-electron chi connectivity index (χ4n) is 3.16. The van der Waals surface area contributed by atoms with Crippen LogP contribution in [0.15, 0.2) is 4.99 Å². The molecule has 1 atom stereocenters. The van der Waals surface area contributed by atoms with Crippen molar-refractivity contribution in [1.29, 1.82) is 0 Å². The second-order valence-corrected chi connectivity index (χ2v) is 8.17. The van der Waals surface area contributed by atoms with E-state index in [0.29, 0.717) is 6.54 Å². The van der Waals surface area contributed by atoms with Crippen LogP contribution < -0.4 is 10.6 Å². The van der Waals surface area contributed by atoms with Gasteiger partial charge in [0.1, 0.15) is 5.01 Å². The number of amides is 1. The van der Waals surface area contributed by atoms with E-state index in [4.69, 9.17) is 0 Å². The summed E-state index contributed by atoms with van der Waals surface area (Å²) in [6.45, 7) is 7.59. The molecule has 2 N–H and O–H groups in total. The van der Waals surface area contributed by atoms with E-state index in [1.54, 1.807) is 23.3 Å². The van der Waals surface area contributed by atoms with Crippen molar-refractivity contribution in [2.75, 3.05) is 40.8 Å². The maximum Gasteiger partial charge on any atom is 0.239 e. The predicted molar refractivity (Wildman–Crippen MR) is 108 cm³/mol. The van der Waals surface area contributed by atoms with Gasteiger partial charge >= 0.3 is 0 Å². The largest absolute Gasteiger partial charge is 0.356 e. The van der Waals surface area contributed by atoms with Gasteiger partial charge in [-0.3, -0.25) is 14.7 Å². The number of carbonyl (C=O) groups excluding carboxylic acids is 1. The number of likely N-dealkylation sites (tertiary alicyclic amines) is 1. The number of thiazole rings is 1. The summed E-state index contributed by atoms with van der Waals surface area (Å²) in [7, 11) is 5.45. The van der Waals surface area contributed by atoms with E-state index in [1.165, 1.54) is 4.88 Å². The first-order valence-corrected chi connectivity index (χ1v) is 10.1. The van der Waals surface area contributed by atoms with Gasteiger partial charge in [-0.2, -0.15) is 0 Å². The molecule has 1 aromatic rings. The van der Waals surface area contributed by atoms with Crippen LogP contribution in [0.1, 0.15) is 34.8 Å². The molecule has 1 aliphatic rings. The zero-order chi connectivity index (χ0) is 19.1. The quantitative estimate of drug-likeness (QED) is 0.425. The van der Waals surface area contributed by atoms with Gasteiger partial charge in [0.25, 0.3) is 0 Å². The number of likely N-dealkylation sites (N-methyl/N-ethyl adjacent to an activating group) is 1. The van der Waals surface area contributed by atoms with Crippen molar-refractivity contribution in [1.82, 2.24) is 25.4 Å². The van der Waals surface area contributed by atoms with Crippen LogP contribution in [0.4, 0.5) is 0 Å². The first kappa shape index (κ1) is 20.6. The molecule has 26 heavy (non-hydrogen) atoms. The summed E-state index contributed by atoms with van der Waals surface area (Å²) in [6.07, 6.45) is 3.06. The predicted octanol–water partition coefficient (Wildman–Crippen LogP) is 1.37. The zero-order valence-corrected chi connectivity index (χ0v) is 17.4. The van der Waals surface area contributed by atoms with Gasteiger partial charge in [0, 0.05) is 39.1 Å². The van der Waals surface area contributed by atoms with Crippen LogP contribution in [-0.2, 0) is 11.3 Å². The molecular weight excluding hydrogens is 348 g/mol. The summed E-state index contributed by atoms with van der Waals surface area (Å²) in [5.74, 6) is 1.01. The average Bonchev–Trinajstić information content (AvgIpc) is 3.20. The lowest BCUT2D eigenvalue weighted by Crippen LogP contribution is -2.44. The molecule has 0 radical (unpaired) electrons. The molecule has 146 valence electrons. The molecule has 0 spiro atoms. The number of hydrogen-bond donors (Lipinski definition) is 2. The summed E-state index contributed by atoms with van der Waals surface area (Å²) < 4.78 is 0. The van der Waals surface area contributed by atoms with Gasteiger partial charge < -0.3 is 15.5 Å². The Kier molecular flexibility index (Phi) is 7.84. The van der Waals surface area contributed by atoms with E-state index in [-0.39, 0.29) is 11.9 Å². The van der Waals surface area contributed by atoms with E-state index >= 15 is 0 Å². The number of nitrogens with zero attached hydrogens (tertiary/aromatic N) is 4. The molecule has 7 nitrogen and oxygen atoms in total. The van der Waals surface area contributed by atoms with Crippen molar-refractivity contribution in [3.8, 4) is 0 Å². The number of rotatable bonds is 7. The van der Waals surface area contributed by atoms with Gasteiger partial charge in [-0.05, 0) is 39.7 Å². The Hall–Kier alpha value is -1.67. The van der Waals surface area contributed by atoms with Crippen LogP contribution in [0.25, 0.3) is 0 Å². The van der Waals surface area contributed by atoms with Gasteiger partial charge in [-0.15, -0.1) is 11.3 Å². The molecule has 1 aliphatic heterocycles. The Labute approximate surface area is 160 Å². The normalized spacial score (nSPS) is 18.2. The molecule has 1 amide bonds. The smallest absolute Gasteiger partial charge is 0.239 e. The second kappa shape index (κ2) is 9.87. The highest BCUT2D eigenvalue weighted by Gasteiger charge is 2.30. The molecule has 1 saturated heterocycles. The van der Waals surface area contributed by atoms with Gasteiger partial charge in [-0.25, -0.2) is 4.98 Å². The molecule has 8 heteroatoms. The molecule has 0 saturated carbocycles. The Morgan fingerprint density at radius 1 is 1.38 bits per heavy atom.